The largest absolute Gasteiger partial charge is 0.364 e. The zero-order valence-electron chi connectivity index (χ0n) is 7.90. The Morgan fingerprint density at radius 2 is 2.36 bits per heavy atom. The molecule has 1 aromatic rings. The number of amides is 1. The number of aromatic nitrogens is 2. The highest BCUT2D eigenvalue weighted by Crippen LogP contribution is 2.03. The Labute approximate surface area is 82.0 Å². The molecule has 0 aromatic carbocycles. The standard InChI is InChI=1S/C9H12N4O/c1-3-6(2)11-8-5-4-7(9(10)14)12-13-8/h3-6H,1H2,2H3,(H2,10,14)(H,11,13). The molecule has 0 aliphatic heterocycles. The molecule has 0 saturated carbocycles. The number of nitrogens with two attached hydrogens (primary N) is 1. The topological polar surface area (TPSA) is 80.9 Å². The highest BCUT2D eigenvalue weighted by Gasteiger charge is 2.03. The number of rotatable bonds is 4. The number of anilines is 1. The van der Waals surface area contributed by atoms with Crippen LogP contribution in [0, 0.1) is 0 Å². The molecule has 1 amide bonds. The predicted molar refractivity (Wildman–Crippen MR) is 53.8 cm³/mol. The van der Waals surface area contributed by atoms with Gasteiger partial charge >= 0.3 is 0 Å². The van der Waals surface area contributed by atoms with Gasteiger partial charge in [-0.1, -0.05) is 6.08 Å². The van der Waals surface area contributed by atoms with Crippen LogP contribution in [0.2, 0.25) is 0 Å². The molecule has 5 nitrogen and oxygen atoms in total. The van der Waals surface area contributed by atoms with Crippen molar-refractivity contribution in [1.82, 2.24) is 10.2 Å². The van der Waals surface area contributed by atoms with E-state index in [-0.39, 0.29) is 11.7 Å². The molecule has 3 N–H and O–H groups in total. The molecular weight excluding hydrogens is 180 g/mol. The monoisotopic (exact) mass is 192 g/mol. The number of hydrogen-bond acceptors (Lipinski definition) is 4. The van der Waals surface area contributed by atoms with Gasteiger partial charge in [0.15, 0.2) is 5.69 Å². The average molecular weight is 192 g/mol. The average Bonchev–Trinajstić information content (AvgIpc) is 2.18. The Balaban J connectivity index is 2.73. The van der Waals surface area contributed by atoms with Crippen molar-refractivity contribution in [2.75, 3.05) is 5.32 Å². The second-order valence-corrected chi connectivity index (χ2v) is 2.84. The summed E-state index contributed by atoms with van der Waals surface area (Å²) in [6.07, 6.45) is 1.74. The van der Waals surface area contributed by atoms with Crippen LogP contribution in [-0.4, -0.2) is 22.1 Å². The Morgan fingerprint density at radius 3 is 2.79 bits per heavy atom. The fourth-order valence-corrected chi connectivity index (χ4v) is 0.833. The molecule has 1 unspecified atom stereocenters. The van der Waals surface area contributed by atoms with Crippen molar-refractivity contribution >= 4 is 11.7 Å². The number of nitrogens with one attached hydrogen (secondary N) is 1. The van der Waals surface area contributed by atoms with Crippen molar-refractivity contribution in [3.05, 3.63) is 30.5 Å². The van der Waals surface area contributed by atoms with E-state index < -0.39 is 5.91 Å². The van der Waals surface area contributed by atoms with Crippen molar-refractivity contribution in [1.29, 1.82) is 0 Å². The highest BCUT2D eigenvalue weighted by atomic mass is 16.1. The van der Waals surface area contributed by atoms with Gasteiger partial charge < -0.3 is 11.1 Å². The summed E-state index contributed by atoms with van der Waals surface area (Å²) >= 11 is 0. The van der Waals surface area contributed by atoms with Gasteiger partial charge in [-0.15, -0.1) is 16.8 Å². The second kappa shape index (κ2) is 4.36. The van der Waals surface area contributed by atoms with Crippen LogP contribution in [0.3, 0.4) is 0 Å². The summed E-state index contributed by atoms with van der Waals surface area (Å²) in [4.78, 5) is 10.7. The van der Waals surface area contributed by atoms with Gasteiger partial charge in [0.1, 0.15) is 5.82 Å². The summed E-state index contributed by atoms with van der Waals surface area (Å²) < 4.78 is 0. The van der Waals surface area contributed by atoms with E-state index >= 15 is 0 Å². The van der Waals surface area contributed by atoms with Crippen molar-refractivity contribution in [2.45, 2.75) is 13.0 Å². The third-order valence-corrected chi connectivity index (χ3v) is 1.65. The fraction of sp³-hybridized carbons (Fsp3) is 0.222. The summed E-state index contributed by atoms with van der Waals surface area (Å²) in [5, 5.41) is 10.4. The molecule has 1 heterocycles. The fourth-order valence-electron chi connectivity index (χ4n) is 0.833. The van der Waals surface area contributed by atoms with Crippen molar-refractivity contribution < 1.29 is 4.79 Å². The molecule has 0 fully saturated rings. The number of carbonyl (C=O) groups excluding carboxylic acids is 1. The molecule has 14 heavy (non-hydrogen) atoms. The van der Waals surface area contributed by atoms with Crippen LogP contribution in [0.5, 0.6) is 0 Å². The van der Waals surface area contributed by atoms with Crippen LogP contribution in [0.15, 0.2) is 24.8 Å². The van der Waals surface area contributed by atoms with Crippen molar-refractivity contribution in [3.63, 3.8) is 0 Å². The van der Waals surface area contributed by atoms with E-state index in [0.29, 0.717) is 5.82 Å². The Hall–Kier alpha value is -1.91. The molecule has 0 aliphatic rings. The second-order valence-electron chi connectivity index (χ2n) is 2.84. The summed E-state index contributed by atoms with van der Waals surface area (Å²) in [6.45, 7) is 5.55. The quantitative estimate of drug-likeness (QED) is 0.683. The molecule has 1 aromatic heterocycles. The maximum Gasteiger partial charge on any atom is 0.269 e. The van der Waals surface area contributed by atoms with Crippen LogP contribution in [0.1, 0.15) is 17.4 Å². The van der Waals surface area contributed by atoms with E-state index in [1.54, 1.807) is 12.1 Å². The molecule has 5 heteroatoms. The maximum atomic E-state index is 10.7. The van der Waals surface area contributed by atoms with E-state index in [0.717, 1.165) is 0 Å². The molecular formula is C9H12N4O. The number of primary amides is 1. The summed E-state index contributed by atoms with van der Waals surface area (Å²) in [7, 11) is 0. The first-order chi connectivity index (χ1) is 6.63. The van der Waals surface area contributed by atoms with Crippen molar-refractivity contribution in [2.24, 2.45) is 5.73 Å². The first kappa shape index (κ1) is 10.2. The lowest BCUT2D eigenvalue weighted by atomic mass is 10.3. The minimum Gasteiger partial charge on any atom is -0.364 e. The first-order valence-corrected chi connectivity index (χ1v) is 4.16. The molecule has 0 spiro atoms. The van der Waals surface area contributed by atoms with E-state index in [1.807, 2.05) is 6.92 Å². The van der Waals surface area contributed by atoms with E-state index in [9.17, 15) is 4.79 Å². The van der Waals surface area contributed by atoms with Gasteiger partial charge in [-0.05, 0) is 19.1 Å². The summed E-state index contributed by atoms with van der Waals surface area (Å²) in [5.41, 5.74) is 5.17. The lowest BCUT2D eigenvalue weighted by Crippen LogP contribution is -2.16. The smallest absolute Gasteiger partial charge is 0.269 e. The molecule has 0 radical (unpaired) electrons. The molecule has 0 saturated heterocycles. The van der Waals surface area contributed by atoms with Gasteiger partial charge in [-0.3, -0.25) is 4.79 Å². The zero-order valence-corrected chi connectivity index (χ0v) is 7.90. The molecule has 0 bridgehead atoms. The van der Waals surface area contributed by atoms with Crippen LogP contribution >= 0.6 is 0 Å². The third-order valence-electron chi connectivity index (χ3n) is 1.65. The van der Waals surface area contributed by atoms with E-state index in [2.05, 4.69) is 22.1 Å². The van der Waals surface area contributed by atoms with E-state index in [1.165, 1.54) is 6.07 Å². The first-order valence-electron chi connectivity index (χ1n) is 4.16. The van der Waals surface area contributed by atoms with Crippen LogP contribution < -0.4 is 11.1 Å². The van der Waals surface area contributed by atoms with Crippen molar-refractivity contribution in [3.8, 4) is 0 Å². The minimum atomic E-state index is -0.583. The van der Waals surface area contributed by atoms with Crippen LogP contribution in [0.25, 0.3) is 0 Å². The lowest BCUT2D eigenvalue weighted by Gasteiger charge is -2.08. The molecule has 0 aliphatic carbocycles. The van der Waals surface area contributed by atoms with Crippen LogP contribution in [0.4, 0.5) is 5.82 Å². The van der Waals surface area contributed by atoms with Gasteiger partial charge in [-0.25, -0.2) is 0 Å². The Morgan fingerprint density at radius 1 is 1.64 bits per heavy atom. The van der Waals surface area contributed by atoms with Crippen LogP contribution in [-0.2, 0) is 0 Å². The maximum absolute atomic E-state index is 10.7. The lowest BCUT2D eigenvalue weighted by molar-refractivity contribution is 0.0994. The summed E-state index contributed by atoms with van der Waals surface area (Å²) in [5.74, 6) is 0.00298. The highest BCUT2D eigenvalue weighted by molar-refractivity contribution is 5.90. The zero-order chi connectivity index (χ0) is 10.6. The minimum absolute atomic E-state index is 0.101. The van der Waals surface area contributed by atoms with Gasteiger partial charge in [0, 0.05) is 6.04 Å². The number of hydrogen-bond donors (Lipinski definition) is 2. The van der Waals surface area contributed by atoms with Gasteiger partial charge in [0.2, 0.25) is 0 Å². The van der Waals surface area contributed by atoms with E-state index in [4.69, 9.17) is 5.73 Å². The third kappa shape index (κ3) is 2.55. The number of carbonyl (C=O) groups is 1. The SMILES string of the molecule is C=CC(C)Nc1ccc(C(N)=O)nn1. The molecule has 74 valence electrons. The van der Waals surface area contributed by atoms with Gasteiger partial charge in [0.05, 0.1) is 0 Å². The van der Waals surface area contributed by atoms with Gasteiger partial charge in [-0.2, -0.15) is 0 Å². The normalized spacial score (nSPS) is 11.8. The predicted octanol–water partition coefficient (Wildman–Crippen LogP) is 0.562. The Kier molecular flexibility index (Phi) is 3.17. The molecule has 1 atom stereocenters. The van der Waals surface area contributed by atoms with Gasteiger partial charge in [0.25, 0.3) is 5.91 Å². The molecule has 1 rings (SSSR count). The summed E-state index contributed by atoms with van der Waals surface area (Å²) in [6, 6.07) is 3.27. The number of nitrogens with zero attached hydrogens (tertiary/aromatic N) is 2. The Bertz CT molecular complexity index is 333.